The molecule has 2 heteroatoms. The van der Waals surface area contributed by atoms with Crippen molar-refractivity contribution >= 4 is 0 Å². The number of benzene rings is 1. The normalized spacial score (nSPS) is 11.6. The average molecular weight is 194 g/mol. The Morgan fingerprint density at radius 2 is 1.71 bits per heavy atom. The molecule has 0 aliphatic rings. The molecule has 0 amide bonds. The van der Waals surface area contributed by atoms with Gasteiger partial charge in [0.25, 0.3) is 0 Å². The van der Waals surface area contributed by atoms with Crippen molar-refractivity contribution in [3.63, 3.8) is 0 Å². The maximum absolute atomic E-state index is 5.43. The van der Waals surface area contributed by atoms with Gasteiger partial charge < -0.3 is 9.47 Å². The molecule has 1 rings (SSSR count). The Labute approximate surface area is 85.8 Å². The molecule has 0 unspecified atom stereocenters. The van der Waals surface area contributed by atoms with Crippen LogP contribution >= 0.6 is 0 Å². The van der Waals surface area contributed by atoms with Gasteiger partial charge in [0, 0.05) is 0 Å². The van der Waals surface area contributed by atoms with E-state index in [1.54, 1.807) is 0 Å². The van der Waals surface area contributed by atoms with Crippen LogP contribution in [0.1, 0.15) is 26.3 Å². The Morgan fingerprint density at radius 1 is 1.07 bits per heavy atom. The first kappa shape index (κ1) is 11.2. The summed E-state index contributed by atoms with van der Waals surface area (Å²) < 4.78 is 10.8. The molecule has 0 aliphatic carbocycles. The summed E-state index contributed by atoms with van der Waals surface area (Å²) in [5.41, 5.74) is 1.04. The summed E-state index contributed by atoms with van der Waals surface area (Å²) in [6.45, 7) is 6.99. The molecule has 0 fully saturated rings. The second-order valence-corrected chi connectivity index (χ2v) is 4.21. The molecule has 0 spiro atoms. The van der Waals surface area contributed by atoms with Gasteiger partial charge in [0.15, 0.2) is 0 Å². The lowest BCUT2D eigenvalue weighted by Crippen LogP contribution is -2.20. The van der Waals surface area contributed by atoms with Crippen LogP contribution in [0.25, 0.3) is 0 Å². The molecule has 0 saturated carbocycles. The van der Waals surface area contributed by atoms with Crippen molar-refractivity contribution in [2.24, 2.45) is 0 Å². The molecule has 0 aromatic heterocycles. The quantitative estimate of drug-likeness (QED) is 0.542. The van der Waals surface area contributed by atoms with Gasteiger partial charge in [0.2, 0.25) is 0 Å². The van der Waals surface area contributed by atoms with Gasteiger partial charge in [-0.1, -0.05) is 30.3 Å². The Kier molecular flexibility index (Phi) is 4.11. The van der Waals surface area contributed by atoms with Crippen LogP contribution in [0, 0.1) is 0 Å². The SMILES string of the molecule is CC(C)(C)OCOCc1ccccc1. The van der Waals surface area contributed by atoms with Crippen LogP contribution < -0.4 is 0 Å². The van der Waals surface area contributed by atoms with Crippen LogP contribution in [0.2, 0.25) is 0 Å². The second kappa shape index (κ2) is 5.13. The Hall–Kier alpha value is -0.860. The lowest BCUT2D eigenvalue weighted by molar-refractivity contribution is -0.125. The van der Waals surface area contributed by atoms with Crippen molar-refractivity contribution < 1.29 is 9.47 Å². The van der Waals surface area contributed by atoms with Gasteiger partial charge in [-0.3, -0.25) is 0 Å². The predicted octanol–water partition coefficient (Wildman–Crippen LogP) is 2.98. The third-order valence-electron chi connectivity index (χ3n) is 1.69. The summed E-state index contributed by atoms with van der Waals surface area (Å²) >= 11 is 0. The van der Waals surface area contributed by atoms with Crippen LogP contribution in [-0.2, 0) is 16.1 Å². The average Bonchev–Trinajstić information content (AvgIpc) is 2.13. The van der Waals surface area contributed by atoms with Gasteiger partial charge in [-0.2, -0.15) is 0 Å². The number of hydrogen-bond acceptors (Lipinski definition) is 2. The van der Waals surface area contributed by atoms with Crippen molar-refractivity contribution in [2.45, 2.75) is 33.0 Å². The smallest absolute Gasteiger partial charge is 0.147 e. The largest absolute Gasteiger partial charge is 0.351 e. The van der Waals surface area contributed by atoms with Crippen molar-refractivity contribution in [2.75, 3.05) is 6.79 Å². The Balaban J connectivity index is 2.17. The maximum atomic E-state index is 5.43. The molecule has 1 aromatic rings. The van der Waals surface area contributed by atoms with Gasteiger partial charge in [-0.15, -0.1) is 0 Å². The summed E-state index contributed by atoms with van der Waals surface area (Å²) in [5, 5.41) is 0. The monoisotopic (exact) mass is 194 g/mol. The van der Waals surface area contributed by atoms with Gasteiger partial charge in [-0.05, 0) is 26.3 Å². The lowest BCUT2D eigenvalue weighted by atomic mass is 10.2. The van der Waals surface area contributed by atoms with Gasteiger partial charge >= 0.3 is 0 Å². The number of ether oxygens (including phenoxy) is 2. The van der Waals surface area contributed by atoms with Gasteiger partial charge in [0.1, 0.15) is 6.79 Å². The second-order valence-electron chi connectivity index (χ2n) is 4.21. The predicted molar refractivity (Wildman–Crippen MR) is 56.9 cm³/mol. The molecule has 1 aromatic carbocycles. The van der Waals surface area contributed by atoms with Gasteiger partial charge in [0.05, 0.1) is 12.2 Å². The number of rotatable bonds is 4. The fourth-order valence-electron chi connectivity index (χ4n) is 0.952. The highest BCUT2D eigenvalue weighted by atomic mass is 16.7. The van der Waals surface area contributed by atoms with E-state index >= 15 is 0 Å². The van der Waals surface area contributed by atoms with Crippen molar-refractivity contribution in [1.82, 2.24) is 0 Å². The van der Waals surface area contributed by atoms with Crippen molar-refractivity contribution in [3.8, 4) is 0 Å². The van der Waals surface area contributed by atoms with Crippen LogP contribution in [0.4, 0.5) is 0 Å². The topological polar surface area (TPSA) is 18.5 Å². The van der Waals surface area contributed by atoms with E-state index in [9.17, 15) is 0 Å². The van der Waals surface area contributed by atoms with Crippen LogP contribution in [0.15, 0.2) is 30.3 Å². The molecule has 0 aliphatic heterocycles. The molecule has 0 saturated heterocycles. The van der Waals surface area contributed by atoms with Crippen LogP contribution in [0.5, 0.6) is 0 Å². The molecular weight excluding hydrogens is 176 g/mol. The summed E-state index contributed by atoms with van der Waals surface area (Å²) in [4.78, 5) is 0. The molecule has 78 valence electrons. The molecule has 0 heterocycles. The highest BCUT2D eigenvalue weighted by molar-refractivity contribution is 5.13. The zero-order chi connectivity index (χ0) is 10.4. The summed E-state index contributed by atoms with van der Waals surface area (Å²) in [6.07, 6.45) is 0. The van der Waals surface area contributed by atoms with Crippen molar-refractivity contribution in [1.29, 1.82) is 0 Å². The first-order chi connectivity index (χ1) is 6.58. The lowest BCUT2D eigenvalue weighted by Gasteiger charge is -2.19. The molecule has 2 nitrogen and oxygen atoms in total. The number of hydrogen-bond donors (Lipinski definition) is 0. The standard InChI is InChI=1S/C12H18O2/c1-12(2,3)14-10-13-9-11-7-5-4-6-8-11/h4-8H,9-10H2,1-3H3. The molecular formula is C12H18O2. The highest BCUT2D eigenvalue weighted by Crippen LogP contribution is 2.07. The summed E-state index contributed by atoms with van der Waals surface area (Å²) in [7, 11) is 0. The first-order valence-corrected chi connectivity index (χ1v) is 4.83. The van der Waals surface area contributed by atoms with E-state index in [-0.39, 0.29) is 5.60 Å². The van der Waals surface area contributed by atoms with Gasteiger partial charge in [-0.25, -0.2) is 0 Å². The van der Waals surface area contributed by atoms with Crippen molar-refractivity contribution in [3.05, 3.63) is 35.9 Å². The Bertz CT molecular complexity index is 249. The zero-order valence-corrected chi connectivity index (χ0v) is 9.12. The summed E-state index contributed by atoms with van der Waals surface area (Å²) in [5.74, 6) is 0. The Morgan fingerprint density at radius 3 is 2.29 bits per heavy atom. The summed E-state index contributed by atoms with van der Waals surface area (Å²) in [6, 6.07) is 10.1. The van der Waals surface area contributed by atoms with E-state index < -0.39 is 0 Å². The maximum Gasteiger partial charge on any atom is 0.147 e. The molecule has 0 atom stereocenters. The zero-order valence-electron chi connectivity index (χ0n) is 9.12. The third-order valence-corrected chi connectivity index (χ3v) is 1.69. The molecule has 0 bridgehead atoms. The highest BCUT2D eigenvalue weighted by Gasteiger charge is 2.08. The van der Waals surface area contributed by atoms with E-state index in [0.29, 0.717) is 13.4 Å². The van der Waals surface area contributed by atoms with E-state index in [2.05, 4.69) is 0 Å². The molecule has 0 N–H and O–H groups in total. The van der Waals surface area contributed by atoms with E-state index in [1.807, 2.05) is 51.1 Å². The third kappa shape index (κ3) is 5.00. The van der Waals surface area contributed by atoms with E-state index in [0.717, 1.165) is 0 Å². The van der Waals surface area contributed by atoms with E-state index in [4.69, 9.17) is 9.47 Å². The minimum absolute atomic E-state index is 0.128. The van der Waals surface area contributed by atoms with E-state index in [1.165, 1.54) is 5.56 Å². The fraction of sp³-hybridized carbons (Fsp3) is 0.500. The molecule has 14 heavy (non-hydrogen) atoms. The minimum Gasteiger partial charge on any atom is -0.351 e. The minimum atomic E-state index is -0.128. The van der Waals surface area contributed by atoms with Crippen LogP contribution in [0.3, 0.4) is 0 Å². The fourth-order valence-corrected chi connectivity index (χ4v) is 0.952. The molecule has 0 radical (unpaired) electrons. The van der Waals surface area contributed by atoms with Crippen LogP contribution in [-0.4, -0.2) is 12.4 Å². The first-order valence-electron chi connectivity index (χ1n) is 4.83.